The van der Waals surface area contributed by atoms with E-state index in [4.69, 9.17) is 14.6 Å². The van der Waals surface area contributed by atoms with Crippen LogP contribution in [0, 0.1) is 13.8 Å². The monoisotopic (exact) mass is 566 g/mol. The highest BCUT2D eigenvalue weighted by atomic mass is 16.7. The fourth-order valence-electron chi connectivity index (χ4n) is 3.81. The normalized spacial score (nSPS) is 10.8. The Bertz CT molecular complexity index is 1510. The van der Waals surface area contributed by atoms with Gasteiger partial charge in [0, 0.05) is 37.0 Å². The summed E-state index contributed by atoms with van der Waals surface area (Å²) in [5.74, 6) is -3.07. The van der Waals surface area contributed by atoms with Crippen LogP contribution in [-0.4, -0.2) is 69.4 Å². The summed E-state index contributed by atoms with van der Waals surface area (Å²) in [7, 11) is 0. The van der Waals surface area contributed by atoms with E-state index in [9.17, 15) is 24.0 Å². The molecule has 0 aliphatic rings. The van der Waals surface area contributed by atoms with E-state index in [2.05, 4.69) is 20.7 Å². The third-order valence-corrected chi connectivity index (χ3v) is 5.78. The van der Waals surface area contributed by atoms with Crippen LogP contribution in [0.3, 0.4) is 0 Å². The van der Waals surface area contributed by atoms with Gasteiger partial charge in [-0.2, -0.15) is 5.10 Å². The van der Waals surface area contributed by atoms with Gasteiger partial charge in [0.05, 0.1) is 11.3 Å². The fourth-order valence-corrected chi connectivity index (χ4v) is 3.81. The lowest BCUT2D eigenvalue weighted by Crippen LogP contribution is -2.31. The van der Waals surface area contributed by atoms with Crippen molar-refractivity contribution in [3.63, 3.8) is 0 Å². The topological polar surface area (TPSA) is 182 Å². The smallest absolute Gasteiger partial charge is 0.423 e. The quantitative estimate of drug-likeness (QED) is 0.177. The molecule has 0 saturated carbocycles. The second-order valence-corrected chi connectivity index (χ2v) is 8.66. The van der Waals surface area contributed by atoms with E-state index in [0.29, 0.717) is 47.4 Å². The molecule has 3 amide bonds. The van der Waals surface area contributed by atoms with Crippen molar-refractivity contribution in [1.82, 2.24) is 25.2 Å². The van der Waals surface area contributed by atoms with Crippen LogP contribution in [0.4, 0.5) is 16.3 Å². The van der Waals surface area contributed by atoms with Gasteiger partial charge in [-0.3, -0.25) is 9.59 Å². The number of ether oxygens (including phenoxy) is 2. The first-order valence-corrected chi connectivity index (χ1v) is 12.6. The SMILES string of the molecule is CCCNC(=O)c1ccc(C)c(N(C(=O)OCOC(=O)/C=C/C(=O)O)c2ncnn3cc(C(=O)NCC)c(C)c23)c1. The molecule has 0 spiro atoms. The molecule has 0 fully saturated rings. The Morgan fingerprint density at radius 2 is 1.80 bits per heavy atom. The lowest BCUT2D eigenvalue weighted by atomic mass is 10.1. The minimum Gasteiger partial charge on any atom is -0.478 e. The molecule has 0 unspecified atom stereocenters. The van der Waals surface area contributed by atoms with Gasteiger partial charge in [-0.25, -0.2) is 28.8 Å². The number of fused-ring (bicyclic) bond motifs is 1. The number of carbonyl (C=O) groups excluding carboxylic acids is 4. The second-order valence-electron chi connectivity index (χ2n) is 8.66. The molecular formula is C27H30N6O8. The van der Waals surface area contributed by atoms with Crippen molar-refractivity contribution in [1.29, 1.82) is 0 Å². The number of aliphatic carboxylic acids is 1. The number of amides is 3. The van der Waals surface area contributed by atoms with Gasteiger partial charge in [-0.15, -0.1) is 0 Å². The van der Waals surface area contributed by atoms with E-state index in [1.807, 2.05) is 6.92 Å². The zero-order chi connectivity index (χ0) is 30.1. The lowest BCUT2D eigenvalue weighted by Gasteiger charge is -2.24. The third-order valence-electron chi connectivity index (χ3n) is 5.78. The number of hydrogen-bond donors (Lipinski definition) is 3. The predicted octanol–water partition coefficient (Wildman–Crippen LogP) is 2.65. The molecule has 0 atom stereocenters. The number of carboxylic acids is 1. The maximum Gasteiger partial charge on any atom is 0.423 e. The highest BCUT2D eigenvalue weighted by molar-refractivity contribution is 6.05. The molecule has 2 heterocycles. The predicted molar refractivity (Wildman–Crippen MR) is 146 cm³/mol. The number of carboxylic acid groups (broad SMARTS) is 1. The van der Waals surface area contributed by atoms with Crippen LogP contribution in [0.1, 0.15) is 52.1 Å². The Hall–Kier alpha value is -5.27. The van der Waals surface area contributed by atoms with Gasteiger partial charge in [0.2, 0.25) is 6.79 Å². The first-order valence-electron chi connectivity index (χ1n) is 12.6. The average molecular weight is 567 g/mol. The Kier molecular flexibility index (Phi) is 10.1. The molecule has 3 rings (SSSR count). The van der Waals surface area contributed by atoms with Crippen molar-refractivity contribution < 1.29 is 38.6 Å². The molecular weight excluding hydrogens is 536 g/mol. The molecule has 0 bridgehead atoms. The minimum absolute atomic E-state index is 0.0318. The van der Waals surface area contributed by atoms with E-state index in [-0.39, 0.29) is 28.9 Å². The average Bonchev–Trinajstić information content (AvgIpc) is 3.29. The number of esters is 1. The molecule has 2 aromatic heterocycles. The number of rotatable bonds is 11. The van der Waals surface area contributed by atoms with Gasteiger partial charge in [0.15, 0.2) is 5.82 Å². The summed E-state index contributed by atoms with van der Waals surface area (Å²) in [5.41, 5.74) is 2.17. The summed E-state index contributed by atoms with van der Waals surface area (Å²) >= 11 is 0. The Balaban J connectivity index is 2.10. The van der Waals surface area contributed by atoms with Gasteiger partial charge in [-0.05, 0) is 50.5 Å². The Morgan fingerprint density at radius 3 is 2.49 bits per heavy atom. The van der Waals surface area contributed by atoms with E-state index >= 15 is 0 Å². The minimum atomic E-state index is -1.36. The number of hydrogen-bond acceptors (Lipinski definition) is 9. The molecule has 41 heavy (non-hydrogen) atoms. The fraction of sp³-hybridized carbons (Fsp3) is 0.296. The Labute approximate surface area is 234 Å². The summed E-state index contributed by atoms with van der Waals surface area (Å²) in [6, 6.07) is 4.75. The lowest BCUT2D eigenvalue weighted by molar-refractivity contribution is -0.146. The van der Waals surface area contributed by atoms with Crippen molar-refractivity contribution >= 4 is 46.9 Å². The van der Waals surface area contributed by atoms with Gasteiger partial charge in [0.1, 0.15) is 11.8 Å². The highest BCUT2D eigenvalue weighted by Gasteiger charge is 2.29. The Morgan fingerprint density at radius 1 is 1.05 bits per heavy atom. The van der Waals surface area contributed by atoms with Crippen LogP contribution in [0.2, 0.25) is 0 Å². The molecule has 14 nitrogen and oxygen atoms in total. The van der Waals surface area contributed by atoms with Crippen molar-refractivity contribution in [3.8, 4) is 0 Å². The van der Waals surface area contributed by atoms with Crippen LogP contribution >= 0.6 is 0 Å². The molecule has 0 aliphatic carbocycles. The van der Waals surface area contributed by atoms with Gasteiger partial charge >= 0.3 is 18.0 Å². The zero-order valence-corrected chi connectivity index (χ0v) is 23.0. The maximum absolute atomic E-state index is 13.5. The van der Waals surface area contributed by atoms with Gasteiger partial charge < -0.3 is 25.2 Å². The number of carbonyl (C=O) groups is 5. The van der Waals surface area contributed by atoms with Crippen molar-refractivity contribution in [3.05, 3.63) is 65.1 Å². The van der Waals surface area contributed by atoms with Crippen LogP contribution in [0.15, 0.2) is 42.9 Å². The number of aromatic nitrogens is 3. The maximum atomic E-state index is 13.5. The summed E-state index contributed by atoms with van der Waals surface area (Å²) in [4.78, 5) is 66.7. The van der Waals surface area contributed by atoms with Crippen LogP contribution in [0.25, 0.3) is 5.52 Å². The van der Waals surface area contributed by atoms with Crippen LogP contribution in [0.5, 0.6) is 0 Å². The van der Waals surface area contributed by atoms with Gasteiger partial charge in [-0.1, -0.05) is 13.0 Å². The van der Waals surface area contributed by atoms with Crippen molar-refractivity contribution in [2.75, 3.05) is 24.8 Å². The van der Waals surface area contributed by atoms with Crippen LogP contribution < -0.4 is 15.5 Å². The summed E-state index contributed by atoms with van der Waals surface area (Å²) in [5, 5.41) is 18.3. The summed E-state index contributed by atoms with van der Waals surface area (Å²) < 4.78 is 11.4. The molecule has 3 aromatic rings. The zero-order valence-electron chi connectivity index (χ0n) is 23.0. The number of nitrogens with one attached hydrogen (secondary N) is 2. The van der Waals surface area contributed by atoms with E-state index < -0.39 is 24.8 Å². The summed E-state index contributed by atoms with van der Waals surface area (Å²) in [6.07, 6.45) is 3.63. The first kappa shape index (κ1) is 30.3. The molecule has 216 valence electrons. The molecule has 3 N–H and O–H groups in total. The molecule has 0 aliphatic heterocycles. The van der Waals surface area contributed by atoms with Crippen LogP contribution in [-0.2, 0) is 19.1 Å². The third kappa shape index (κ3) is 7.23. The number of aryl methyl sites for hydroxylation is 2. The van der Waals surface area contributed by atoms with Crippen molar-refractivity contribution in [2.45, 2.75) is 34.1 Å². The summed E-state index contributed by atoms with van der Waals surface area (Å²) in [6.45, 7) is 7.08. The van der Waals surface area contributed by atoms with Crippen molar-refractivity contribution in [2.24, 2.45) is 0 Å². The highest BCUT2D eigenvalue weighted by Crippen LogP contribution is 2.34. The molecule has 0 radical (unpaired) electrons. The van der Waals surface area contributed by atoms with E-state index in [1.165, 1.54) is 23.1 Å². The first-order chi connectivity index (χ1) is 19.6. The van der Waals surface area contributed by atoms with E-state index in [0.717, 1.165) is 11.3 Å². The van der Waals surface area contributed by atoms with E-state index in [1.54, 1.807) is 32.9 Å². The number of benzene rings is 1. The standard InChI is InChI=1S/C27H30N6O8/c1-5-11-29-25(37)18-8-7-16(3)20(12-18)33(27(39)41-15-40-22(36)10-9-21(34)35)24-23-17(4)19(26(38)28-6-2)13-32(23)31-14-30-24/h7-10,12-14H,5-6,11,15H2,1-4H3,(H,28,38)(H,29,37)(H,34,35)/b10-9+. The van der Waals surface area contributed by atoms with Gasteiger partial charge in [0.25, 0.3) is 11.8 Å². The largest absolute Gasteiger partial charge is 0.478 e. The number of anilines is 2. The molecule has 0 saturated heterocycles. The molecule has 1 aromatic carbocycles. The number of nitrogens with zero attached hydrogens (tertiary/aromatic N) is 4. The second kappa shape index (κ2) is 13.7. The molecule has 14 heteroatoms.